The summed E-state index contributed by atoms with van der Waals surface area (Å²) in [6, 6.07) is 21.3. The average molecular weight is 476 g/mol. The van der Waals surface area contributed by atoms with Crippen molar-refractivity contribution in [1.82, 2.24) is 0 Å². The lowest BCUT2D eigenvalue weighted by atomic mass is 9.87. The molecule has 35 heavy (non-hydrogen) atoms. The van der Waals surface area contributed by atoms with Gasteiger partial charge in [-0.25, -0.2) is 4.79 Å². The number of benzene rings is 3. The van der Waals surface area contributed by atoms with Crippen molar-refractivity contribution in [3.8, 4) is 11.5 Å². The smallest absolute Gasteiger partial charge is 0.338 e. The van der Waals surface area contributed by atoms with E-state index in [4.69, 9.17) is 18.9 Å². The third-order valence-corrected chi connectivity index (χ3v) is 6.17. The van der Waals surface area contributed by atoms with Gasteiger partial charge in [0.25, 0.3) is 0 Å². The van der Waals surface area contributed by atoms with Gasteiger partial charge in [-0.2, -0.15) is 0 Å². The fraction of sp³-hybridized carbons (Fsp3) is 0.345. The summed E-state index contributed by atoms with van der Waals surface area (Å²) in [5.74, 6) is 0.969. The van der Waals surface area contributed by atoms with Gasteiger partial charge in [-0.3, -0.25) is 0 Å². The number of esters is 1. The Morgan fingerprint density at radius 2 is 1.74 bits per heavy atom. The van der Waals surface area contributed by atoms with E-state index in [9.17, 15) is 4.79 Å². The summed E-state index contributed by atoms with van der Waals surface area (Å²) in [4.78, 5) is 13.0. The number of aryl methyl sites for hydroxylation is 1. The van der Waals surface area contributed by atoms with Crippen molar-refractivity contribution in [3.63, 3.8) is 0 Å². The first kappa shape index (κ1) is 24.6. The predicted molar refractivity (Wildman–Crippen MR) is 136 cm³/mol. The fourth-order valence-corrected chi connectivity index (χ4v) is 4.22. The Morgan fingerprint density at radius 3 is 2.40 bits per heavy atom. The number of methoxy groups -OCH3 is 1. The molecule has 0 aromatic heterocycles. The monoisotopic (exact) mass is 475 g/mol. The van der Waals surface area contributed by atoms with E-state index in [1.165, 1.54) is 11.1 Å². The van der Waals surface area contributed by atoms with Gasteiger partial charge in [0.1, 0.15) is 23.2 Å². The van der Waals surface area contributed by atoms with E-state index < -0.39 is 23.8 Å². The highest BCUT2D eigenvalue weighted by molar-refractivity contribution is 5.89. The standard InChI is InChI=1S/C29H33NO5/c1-6-33-26-24-17-22(30-18-20-9-7-19(2)8-10-20)13-16-25(24)35-29(3,4)27(26)34-28(31)21-11-14-23(32-5)15-12-21/h7-17,26-27,30H,6,18H2,1-5H3. The molecule has 0 saturated carbocycles. The van der Waals surface area contributed by atoms with Gasteiger partial charge in [-0.1, -0.05) is 29.8 Å². The zero-order valence-electron chi connectivity index (χ0n) is 21.0. The van der Waals surface area contributed by atoms with E-state index in [0.29, 0.717) is 24.5 Å². The lowest BCUT2D eigenvalue weighted by Gasteiger charge is -2.43. The van der Waals surface area contributed by atoms with Gasteiger partial charge in [0, 0.05) is 24.4 Å². The van der Waals surface area contributed by atoms with E-state index in [1.54, 1.807) is 31.4 Å². The average Bonchev–Trinajstić information content (AvgIpc) is 2.85. The van der Waals surface area contributed by atoms with Crippen LogP contribution in [0, 0.1) is 6.92 Å². The predicted octanol–water partition coefficient (Wildman–Crippen LogP) is 6.09. The molecule has 0 fully saturated rings. The first-order valence-electron chi connectivity index (χ1n) is 11.9. The van der Waals surface area contributed by atoms with Crippen LogP contribution in [0.25, 0.3) is 0 Å². The van der Waals surface area contributed by atoms with Crippen LogP contribution in [-0.4, -0.2) is 31.4 Å². The van der Waals surface area contributed by atoms with Crippen LogP contribution in [0.5, 0.6) is 11.5 Å². The maximum absolute atomic E-state index is 13.0. The molecule has 1 aliphatic rings. The molecular formula is C29H33NO5. The van der Waals surface area contributed by atoms with E-state index in [2.05, 4.69) is 36.5 Å². The number of nitrogens with one attached hydrogen (secondary N) is 1. The summed E-state index contributed by atoms with van der Waals surface area (Å²) in [5, 5.41) is 3.48. The molecule has 0 aliphatic carbocycles. The summed E-state index contributed by atoms with van der Waals surface area (Å²) in [6.45, 7) is 9.01. The van der Waals surface area contributed by atoms with Crippen molar-refractivity contribution in [2.75, 3.05) is 19.0 Å². The van der Waals surface area contributed by atoms with Crippen LogP contribution in [0.2, 0.25) is 0 Å². The van der Waals surface area contributed by atoms with Gasteiger partial charge in [-0.05, 0) is 75.7 Å². The number of hydrogen-bond donors (Lipinski definition) is 1. The summed E-state index contributed by atoms with van der Waals surface area (Å²) < 4.78 is 23.7. The molecule has 0 saturated heterocycles. The molecule has 0 amide bonds. The van der Waals surface area contributed by atoms with E-state index >= 15 is 0 Å². The van der Waals surface area contributed by atoms with Crippen molar-refractivity contribution < 1.29 is 23.7 Å². The van der Waals surface area contributed by atoms with Crippen LogP contribution in [0.4, 0.5) is 5.69 Å². The second-order valence-electron chi connectivity index (χ2n) is 9.23. The third-order valence-electron chi connectivity index (χ3n) is 6.17. The zero-order valence-corrected chi connectivity index (χ0v) is 21.0. The molecule has 3 aromatic carbocycles. The third kappa shape index (κ3) is 5.60. The highest BCUT2D eigenvalue weighted by atomic mass is 16.6. The largest absolute Gasteiger partial charge is 0.497 e. The van der Waals surface area contributed by atoms with E-state index in [0.717, 1.165) is 17.0 Å². The highest BCUT2D eigenvalue weighted by Crippen LogP contribution is 2.44. The molecular weight excluding hydrogens is 442 g/mol. The Hall–Kier alpha value is -3.51. The lowest BCUT2D eigenvalue weighted by Crippen LogP contribution is -2.51. The topological polar surface area (TPSA) is 66.0 Å². The summed E-state index contributed by atoms with van der Waals surface area (Å²) >= 11 is 0. The number of carbonyl (C=O) groups is 1. The lowest BCUT2D eigenvalue weighted by molar-refractivity contribution is -0.137. The van der Waals surface area contributed by atoms with Gasteiger partial charge in [0.2, 0.25) is 0 Å². The molecule has 0 spiro atoms. The van der Waals surface area contributed by atoms with Gasteiger partial charge in [0.05, 0.1) is 12.7 Å². The number of fused-ring (bicyclic) bond motifs is 1. The van der Waals surface area contributed by atoms with Crippen molar-refractivity contribution >= 4 is 11.7 Å². The molecule has 0 bridgehead atoms. The summed E-state index contributed by atoms with van der Waals surface area (Å²) in [7, 11) is 1.59. The number of hydrogen-bond acceptors (Lipinski definition) is 6. The second-order valence-corrected chi connectivity index (χ2v) is 9.23. The Kier molecular flexibility index (Phi) is 7.31. The first-order chi connectivity index (χ1) is 16.8. The molecule has 1 N–H and O–H groups in total. The normalized spacial score (nSPS) is 18.2. The zero-order chi connectivity index (χ0) is 25.0. The molecule has 6 heteroatoms. The number of rotatable bonds is 8. The Labute approximate surface area is 207 Å². The van der Waals surface area contributed by atoms with Crippen LogP contribution >= 0.6 is 0 Å². The van der Waals surface area contributed by atoms with Crippen LogP contribution in [0.15, 0.2) is 66.7 Å². The summed E-state index contributed by atoms with van der Waals surface area (Å²) in [5.41, 5.74) is 3.88. The molecule has 3 aromatic rings. The Morgan fingerprint density at radius 1 is 1.03 bits per heavy atom. The maximum atomic E-state index is 13.0. The van der Waals surface area contributed by atoms with Crippen LogP contribution in [0.3, 0.4) is 0 Å². The molecule has 2 atom stereocenters. The Balaban J connectivity index is 1.57. The quantitative estimate of drug-likeness (QED) is 0.398. The molecule has 0 radical (unpaired) electrons. The number of anilines is 1. The minimum absolute atomic E-state index is 0.434. The van der Waals surface area contributed by atoms with Gasteiger partial charge in [-0.15, -0.1) is 0 Å². The van der Waals surface area contributed by atoms with Gasteiger partial charge in [0.15, 0.2) is 6.10 Å². The van der Waals surface area contributed by atoms with Crippen LogP contribution < -0.4 is 14.8 Å². The molecule has 4 rings (SSSR count). The van der Waals surface area contributed by atoms with Crippen molar-refractivity contribution in [2.24, 2.45) is 0 Å². The van der Waals surface area contributed by atoms with E-state index in [1.807, 2.05) is 39.0 Å². The highest BCUT2D eigenvalue weighted by Gasteiger charge is 2.47. The summed E-state index contributed by atoms with van der Waals surface area (Å²) in [6.07, 6.45) is -1.11. The molecule has 6 nitrogen and oxygen atoms in total. The van der Waals surface area contributed by atoms with Gasteiger partial charge < -0.3 is 24.3 Å². The minimum atomic E-state index is -0.786. The van der Waals surface area contributed by atoms with E-state index in [-0.39, 0.29) is 0 Å². The van der Waals surface area contributed by atoms with Crippen LogP contribution in [-0.2, 0) is 16.0 Å². The van der Waals surface area contributed by atoms with Crippen molar-refractivity contribution in [1.29, 1.82) is 0 Å². The Bertz CT molecular complexity index is 1150. The van der Waals surface area contributed by atoms with Gasteiger partial charge >= 0.3 is 5.97 Å². The SMILES string of the molecule is CCOC1c2cc(NCc3ccc(C)cc3)ccc2OC(C)(C)C1OC(=O)c1ccc(OC)cc1. The molecule has 2 unspecified atom stereocenters. The minimum Gasteiger partial charge on any atom is -0.497 e. The van der Waals surface area contributed by atoms with Crippen molar-refractivity contribution in [3.05, 3.63) is 89.0 Å². The van der Waals surface area contributed by atoms with Crippen molar-refractivity contribution in [2.45, 2.75) is 52.0 Å². The van der Waals surface area contributed by atoms with Crippen LogP contribution in [0.1, 0.15) is 53.9 Å². The molecule has 1 heterocycles. The number of carbonyl (C=O) groups excluding carboxylic acids is 1. The number of ether oxygens (including phenoxy) is 4. The second kappa shape index (κ2) is 10.4. The fourth-order valence-electron chi connectivity index (χ4n) is 4.22. The molecule has 184 valence electrons. The molecule has 1 aliphatic heterocycles. The first-order valence-corrected chi connectivity index (χ1v) is 11.9. The maximum Gasteiger partial charge on any atom is 0.338 e.